The van der Waals surface area contributed by atoms with Gasteiger partial charge in [0.25, 0.3) is 5.91 Å². The Labute approximate surface area is 125 Å². The largest absolute Gasteiger partial charge is 0.349 e. The van der Waals surface area contributed by atoms with Gasteiger partial charge in [-0.3, -0.25) is 4.79 Å². The summed E-state index contributed by atoms with van der Waals surface area (Å²) in [6.07, 6.45) is 2.76. The topological polar surface area (TPSA) is 114 Å². The zero-order chi connectivity index (χ0) is 16.0. The maximum absolute atomic E-state index is 12.2. The number of anilines is 1. The molecule has 0 radical (unpaired) electrons. The Kier molecular flexibility index (Phi) is 6.10. The fourth-order valence-corrected chi connectivity index (χ4v) is 2.97. The first-order chi connectivity index (χ1) is 9.75. The Morgan fingerprint density at radius 1 is 1.43 bits per heavy atom. The number of nitrogens with zero attached hydrogens (tertiary/aromatic N) is 1. The number of hydrogen-bond donors (Lipinski definition) is 3. The van der Waals surface area contributed by atoms with Gasteiger partial charge in [0, 0.05) is 23.6 Å². The lowest BCUT2D eigenvalue weighted by Gasteiger charge is -2.14. The lowest BCUT2D eigenvalue weighted by Crippen LogP contribution is -2.37. The van der Waals surface area contributed by atoms with Crippen molar-refractivity contribution >= 4 is 21.6 Å². The van der Waals surface area contributed by atoms with Gasteiger partial charge in [-0.1, -0.05) is 13.3 Å². The van der Waals surface area contributed by atoms with Crippen molar-refractivity contribution in [2.75, 3.05) is 17.4 Å². The normalized spacial score (nSPS) is 12.8. The van der Waals surface area contributed by atoms with Crippen LogP contribution < -0.4 is 16.6 Å². The highest BCUT2D eigenvalue weighted by atomic mass is 32.2. The van der Waals surface area contributed by atoms with Crippen molar-refractivity contribution < 1.29 is 13.2 Å². The number of hydrogen-bond acceptors (Lipinski definition) is 6. The van der Waals surface area contributed by atoms with Gasteiger partial charge in [0.1, 0.15) is 15.7 Å². The number of pyridine rings is 1. The Morgan fingerprint density at radius 3 is 2.62 bits per heavy atom. The molecule has 8 heteroatoms. The lowest BCUT2D eigenvalue weighted by atomic mass is 10.1. The summed E-state index contributed by atoms with van der Waals surface area (Å²) in [7, 11) is -3.14. The average molecular weight is 314 g/mol. The van der Waals surface area contributed by atoms with E-state index in [4.69, 9.17) is 5.84 Å². The lowest BCUT2D eigenvalue weighted by molar-refractivity contribution is 0.0943. The van der Waals surface area contributed by atoms with Crippen LogP contribution in [0.3, 0.4) is 0 Å². The van der Waals surface area contributed by atoms with E-state index in [2.05, 4.69) is 15.7 Å². The average Bonchev–Trinajstić information content (AvgIpc) is 2.36. The Bertz CT molecular complexity index is 601. The second-order valence-corrected chi connectivity index (χ2v) is 7.28. The van der Waals surface area contributed by atoms with E-state index in [0.29, 0.717) is 11.4 Å². The first-order valence-electron chi connectivity index (χ1n) is 6.71. The van der Waals surface area contributed by atoms with Gasteiger partial charge in [0.15, 0.2) is 0 Å². The zero-order valence-electron chi connectivity index (χ0n) is 12.5. The molecule has 0 fully saturated rings. The molecule has 1 rings (SSSR count). The van der Waals surface area contributed by atoms with Crippen LogP contribution in [0.4, 0.5) is 5.82 Å². The predicted molar refractivity (Wildman–Crippen MR) is 82.7 cm³/mol. The Balaban J connectivity index is 2.88. The first-order valence-corrected chi connectivity index (χ1v) is 8.77. The summed E-state index contributed by atoms with van der Waals surface area (Å²) in [6, 6.07) is 2.75. The van der Waals surface area contributed by atoms with Gasteiger partial charge < -0.3 is 10.7 Å². The smallest absolute Gasteiger partial charge is 0.251 e. The fourth-order valence-electron chi connectivity index (χ4n) is 1.98. The molecule has 7 nitrogen and oxygen atoms in total. The van der Waals surface area contributed by atoms with E-state index >= 15 is 0 Å². The highest BCUT2D eigenvalue weighted by Crippen LogP contribution is 2.11. The number of carbonyl (C=O) groups is 1. The van der Waals surface area contributed by atoms with E-state index in [0.717, 1.165) is 24.8 Å². The quantitative estimate of drug-likeness (QED) is 0.498. The summed E-state index contributed by atoms with van der Waals surface area (Å²) >= 11 is 0. The van der Waals surface area contributed by atoms with Crippen molar-refractivity contribution in [1.29, 1.82) is 0 Å². The van der Waals surface area contributed by atoms with Gasteiger partial charge >= 0.3 is 0 Å². The zero-order valence-corrected chi connectivity index (χ0v) is 13.3. The molecule has 0 saturated heterocycles. The molecule has 118 valence electrons. The van der Waals surface area contributed by atoms with Crippen LogP contribution in [0.1, 0.15) is 36.3 Å². The minimum absolute atomic E-state index is 0.104. The van der Waals surface area contributed by atoms with Crippen LogP contribution >= 0.6 is 0 Å². The second kappa shape index (κ2) is 7.37. The number of aryl methyl sites for hydroxylation is 1. The number of rotatable bonds is 7. The van der Waals surface area contributed by atoms with Crippen molar-refractivity contribution in [1.82, 2.24) is 10.3 Å². The van der Waals surface area contributed by atoms with Crippen molar-refractivity contribution in [3.05, 3.63) is 23.4 Å². The number of amides is 1. The van der Waals surface area contributed by atoms with Gasteiger partial charge in [-0.2, -0.15) is 0 Å². The number of sulfone groups is 1. The summed E-state index contributed by atoms with van der Waals surface area (Å²) < 4.78 is 22.4. The molecule has 0 aliphatic heterocycles. The van der Waals surface area contributed by atoms with Crippen LogP contribution in [-0.4, -0.2) is 37.4 Å². The van der Waals surface area contributed by atoms with E-state index in [-0.39, 0.29) is 11.7 Å². The molecular weight excluding hydrogens is 292 g/mol. The van der Waals surface area contributed by atoms with E-state index in [1.165, 1.54) is 6.07 Å². The van der Waals surface area contributed by atoms with Crippen LogP contribution in [0.2, 0.25) is 0 Å². The summed E-state index contributed by atoms with van der Waals surface area (Å²) in [5, 5.41) is 2.66. The highest BCUT2D eigenvalue weighted by molar-refractivity contribution is 7.90. The second-order valence-electron chi connectivity index (χ2n) is 5.09. The standard InChI is InChI=1S/C13H22N4O3S/c1-4-5-11-6-10(7-12(16-11)17-14)13(18)15-9(2)8-21(3,19)20/h6-7,9H,4-5,8,14H2,1-3H3,(H,15,18)(H,16,17). The van der Waals surface area contributed by atoms with Gasteiger partial charge in [0.2, 0.25) is 0 Å². The van der Waals surface area contributed by atoms with Crippen LogP contribution in [0.15, 0.2) is 12.1 Å². The number of hydrazine groups is 1. The molecule has 0 saturated carbocycles. The molecule has 1 atom stereocenters. The molecule has 1 heterocycles. The third-order valence-corrected chi connectivity index (χ3v) is 3.83. The Hall–Kier alpha value is -1.67. The molecule has 21 heavy (non-hydrogen) atoms. The third-order valence-electron chi connectivity index (χ3n) is 2.72. The minimum atomic E-state index is -3.14. The van der Waals surface area contributed by atoms with Gasteiger partial charge in [-0.05, 0) is 25.5 Å². The maximum Gasteiger partial charge on any atom is 0.251 e. The summed E-state index contributed by atoms with van der Waals surface area (Å²) in [6.45, 7) is 3.66. The van der Waals surface area contributed by atoms with Crippen molar-refractivity contribution in [2.45, 2.75) is 32.7 Å². The monoisotopic (exact) mass is 314 g/mol. The molecule has 1 unspecified atom stereocenters. The van der Waals surface area contributed by atoms with Gasteiger partial charge in [-0.15, -0.1) is 0 Å². The summed E-state index contributed by atoms with van der Waals surface area (Å²) in [5.41, 5.74) is 3.59. The van der Waals surface area contributed by atoms with Crippen molar-refractivity contribution in [2.24, 2.45) is 5.84 Å². The molecule has 1 aromatic rings. The molecule has 0 aromatic carbocycles. The number of nitrogen functional groups attached to an aromatic ring is 1. The van der Waals surface area contributed by atoms with E-state index in [1.54, 1.807) is 13.0 Å². The first kappa shape index (κ1) is 17.4. The predicted octanol–water partition coefficient (Wildman–Crippen LogP) is 0.483. The summed E-state index contributed by atoms with van der Waals surface area (Å²) in [5.74, 6) is 5.30. The van der Waals surface area contributed by atoms with E-state index < -0.39 is 15.9 Å². The number of carbonyl (C=O) groups excluding carboxylic acids is 1. The van der Waals surface area contributed by atoms with Crippen molar-refractivity contribution in [3.63, 3.8) is 0 Å². The van der Waals surface area contributed by atoms with Crippen molar-refractivity contribution in [3.8, 4) is 0 Å². The summed E-state index contributed by atoms with van der Waals surface area (Å²) in [4.78, 5) is 16.4. The molecule has 0 aliphatic rings. The number of nitrogens with two attached hydrogens (primary N) is 1. The van der Waals surface area contributed by atoms with Gasteiger partial charge in [0.05, 0.1) is 5.75 Å². The number of nitrogens with one attached hydrogen (secondary N) is 2. The van der Waals surface area contributed by atoms with Crippen LogP contribution in [0.5, 0.6) is 0 Å². The Morgan fingerprint density at radius 2 is 2.10 bits per heavy atom. The third kappa shape index (κ3) is 6.09. The molecule has 0 bridgehead atoms. The molecule has 0 aliphatic carbocycles. The van der Waals surface area contributed by atoms with Gasteiger partial charge in [-0.25, -0.2) is 19.2 Å². The fraction of sp³-hybridized carbons (Fsp3) is 0.538. The highest BCUT2D eigenvalue weighted by Gasteiger charge is 2.15. The molecule has 1 amide bonds. The van der Waals surface area contributed by atoms with E-state index in [1.807, 2.05) is 6.92 Å². The van der Waals surface area contributed by atoms with E-state index in [9.17, 15) is 13.2 Å². The molecule has 4 N–H and O–H groups in total. The maximum atomic E-state index is 12.2. The molecular formula is C13H22N4O3S. The van der Waals surface area contributed by atoms with Crippen LogP contribution in [0, 0.1) is 0 Å². The molecule has 1 aromatic heterocycles. The minimum Gasteiger partial charge on any atom is -0.349 e. The number of aromatic nitrogens is 1. The van der Waals surface area contributed by atoms with Crippen LogP contribution in [0.25, 0.3) is 0 Å². The molecule has 0 spiro atoms. The SMILES string of the molecule is CCCc1cc(C(=O)NC(C)CS(C)(=O)=O)cc(NN)n1. The van der Waals surface area contributed by atoms with Crippen LogP contribution in [-0.2, 0) is 16.3 Å².